The number of rotatable bonds is 3. The highest BCUT2D eigenvalue weighted by atomic mass is 15.0. The molecule has 1 aliphatic carbocycles. The van der Waals surface area contributed by atoms with Crippen molar-refractivity contribution in [2.24, 2.45) is 0 Å². The largest absolute Gasteiger partial charge is 0.399 e. The van der Waals surface area contributed by atoms with Crippen molar-refractivity contribution in [3.8, 4) is 11.1 Å². The zero-order valence-corrected chi connectivity index (χ0v) is 11.0. The summed E-state index contributed by atoms with van der Waals surface area (Å²) < 4.78 is 0. The van der Waals surface area contributed by atoms with Crippen LogP contribution in [0, 0.1) is 0 Å². The van der Waals surface area contributed by atoms with Crippen molar-refractivity contribution in [1.29, 1.82) is 0 Å². The van der Waals surface area contributed by atoms with Crippen LogP contribution in [0.25, 0.3) is 11.1 Å². The Hall–Kier alpha value is -2.03. The number of benzene rings is 1. The second kappa shape index (κ2) is 5.31. The first-order valence-corrected chi connectivity index (χ1v) is 6.90. The molecule has 3 heteroatoms. The van der Waals surface area contributed by atoms with Gasteiger partial charge in [0.25, 0.3) is 0 Å². The Kier molecular flexibility index (Phi) is 3.36. The molecule has 2 aromatic rings. The third-order valence-corrected chi connectivity index (χ3v) is 3.69. The van der Waals surface area contributed by atoms with Crippen LogP contribution in [0.1, 0.15) is 25.7 Å². The molecule has 0 radical (unpaired) electrons. The van der Waals surface area contributed by atoms with E-state index >= 15 is 0 Å². The zero-order valence-electron chi connectivity index (χ0n) is 11.0. The number of hydrogen-bond acceptors (Lipinski definition) is 3. The summed E-state index contributed by atoms with van der Waals surface area (Å²) in [4.78, 5) is 4.50. The molecule has 0 bridgehead atoms. The first-order chi connectivity index (χ1) is 9.31. The lowest BCUT2D eigenvalue weighted by atomic mass is 10.1. The van der Waals surface area contributed by atoms with Crippen molar-refractivity contribution in [3.63, 3.8) is 0 Å². The number of aromatic nitrogens is 1. The smallest absolute Gasteiger partial charge is 0.126 e. The topological polar surface area (TPSA) is 50.9 Å². The van der Waals surface area contributed by atoms with Crippen LogP contribution in [0.3, 0.4) is 0 Å². The number of anilines is 2. The molecule has 0 atom stereocenters. The number of hydrogen-bond donors (Lipinski definition) is 2. The van der Waals surface area contributed by atoms with Gasteiger partial charge in [-0.1, -0.05) is 25.0 Å². The van der Waals surface area contributed by atoms with E-state index in [1.54, 1.807) is 0 Å². The molecule has 1 fully saturated rings. The minimum Gasteiger partial charge on any atom is -0.399 e. The van der Waals surface area contributed by atoms with Gasteiger partial charge < -0.3 is 11.1 Å². The number of nitrogens with one attached hydrogen (secondary N) is 1. The van der Waals surface area contributed by atoms with Crippen molar-refractivity contribution < 1.29 is 0 Å². The van der Waals surface area contributed by atoms with E-state index in [0.717, 1.165) is 22.6 Å². The standard InChI is InChI=1S/C16H19N3/c17-14-5-3-4-12(10-14)13-8-9-16(18-11-13)19-15-6-1-2-7-15/h3-5,8-11,15H,1-2,6-7,17H2,(H,18,19). The van der Waals surface area contributed by atoms with Gasteiger partial charge in [-0.25, -0.2) is 4.98 Å². The Bertz CT molecular complexity index is 542. The van der Waals surface area contributed by atoms with Gasteiger partial charge in [-0.3, -0.25) is 0 Å². The Balaban J connectivity index is 1.74. The molecule has 1 aliphatic rings. The monoisotopic (exact) mass is 253 g/mol. The maximum atomic E-state index is 5.80. The summed E-state index contributed by atoms with van der Waals surface area (Å²) >= 11 is 0. The molecule has 3 rings (SSSR count). The number of nitrogens with zero attached hydrogens (tertiary/aromatic N) is 1. The number of nitrogens with two attached hydrogens (primary N) is 1. The molecule has 1 aromatic heterocycles. The Morgan fingerprint density at radius 2 is 1.89 bits per heavy atom. The average Bonchev–Trinajstić information content (AvgIpc) is 2.92. The van der Waals surface area contributed by atoms with Gasteiger partial charge in [0.2, 0.25) is 0 Å². The summed E-state index contributed by atoms with van der Waals surface area (Å²) in [6.45, 7) is 0. The lowest BCUT2D eigenvalue weighted by molar-refractivity contribution is 0.750. The second-order valence-electron chi connectivity index (χ2n) is 5.18. The van der Waals surface area contributed by atoms with Crippen molar-refractivity contribution >= 4 is 11.5 Å². The summed E-state index contributed by atoms with van der Waals surface area (Å²) in [5.41, 5.74) is 8.80. The average molecular weight is 253 g/mol. The van der Waals surface area contributed by atoms with Gasteiger partial charge in [0.1, 0.15) is 5.82 Å². The molecular weight excluding hydrogens is 234 g/mol. The van der Waals surface area contributed by atoms with Crippen LogP contribution in [0.2, 0.25) is 0 Å². The highest BCUT2D eigenvalue weighted by Gasteiger charge is 2.14. The van der Waals surface area contributed by atoms with Gasteiger partial charge >= 0.3 is 0 Å². The molecule has 3 N–H and O–H groups in total. The van der Waals surface area contributed by atoms with Gasteiger partial charge in [-0.05, 0) is 42.7 Å². The number of pyridine rings is 1. The summed E-state index contributed by atoms with van der Waals surface area (Å²) in [6.07, 6.45) is 7.10. The van der Waals surface area contributed by atoms with Crippen LogP contribution in [-0.4, -0.2) is 11.0 Å². The van der Waals surface area contributed by atoms with Crippen molar-refractivity contribution in [2.75, 3.05) is 11.1 Å². The van der Waals surface area contributed by atoms with Crippen LogP contribution in [-0.2, 0) is 0 Å². The molecular formula is C16H19N3. The molecule has 98 valence electrons. The Morgan fingerprint density at radius 3 is 2.58 bits per heavy atom. The van der Waals surface area contributed by atoms with Gasteiger partial charge in [0.05, 0.1) is 0 Å². The quantitative estimate of drug-likeness (QED) is 0.820. The van der Waals surface area contributed by atoms with Crippen LogP contribution in [0.5, 0.6) is 0 Å². The lowest BCUT2D eigenvalue weighted by Gasteiger charge is -2.12. The molecule has 1 saturated carbocycles. The fourth-order valence-corrected chi connectivity index (χ4v) is 2.65. The summed E-state index contributed by atoms with van der Waals surface area (Å²) in [5.74, 6) is 0.972. The van der Waals surface area contributed by atoms with E-state index in [9.17, 15) is 0 Å². The molecule has 1 aromatic carbocycles. The van der Waals surface area contributed by atoms with Crippen molar-refractivity contribution in [3.05, 3.63) is 42.6 Å². The van der Waals surface area contributed by atoms with E-state index < -0.39 is 0 Å². The minimum atomic E-state index is 0.603. The molecule has 0 amide bonds. The number of nitrogen functional groups attached to an aromatic ring is 1. The molecule has 0 saturated heterocycles. The van der Waals surface area contributed by atoms with E-state index in [2.05, 4.69) is 28.5 Å². The highest BCUT2D eigenvalue weighted by Crippen LogP contribution is 2.24. The second-order valence-corrected chi connectivity index (χ2v) is 5.18. The molecule has 0 unspecified atom stereocenters. The highest BCUT2D eigenvalue weighted by molar-refractivity contribution is 5.67. The lowest BCUT2D eigenvalue weighted by Crippen LogP contribution is -2.15. The molecule has 1 heterocycles. The molecule has 0 aliphatic heterocycles. The predicted molar refractivity (Wildman–Crippen MR) is 80.0 cm³/mol. The third kappa shape index (κ3) is 2.87. The normalized spacial score (nSPS) is 15.6. The first kappa shape index (κ1) is 12.0. The van der Waals surface area contributed by atoms with Gasteiger partial charge in [0.15, 0.2) is 0 Å². The summed E-state index contributed by atoms with van der Waals surface area (Å²) in [7, 11) is 0. The van der Waals surface area contributed by atoms with Crippen LogP contribution in [0.15, 0.2) is 42.6 Å². The first-order valence-electron chi connectivity index (χ1n) is 6.90. The molecule has 19 heavy (non-hydrogen) atoms. The van der Waals surface area contributed by atoms with E-state index in [0.29, 0.717) is 6.04 Å². The van der Waals surface area contributed by atoms with Crippen LogP contribution < -0.4 is 11.1 Å². The summed E-state index contributed by atoms with van der Waals surface area (Å²) in [5, 5.41) is 3.50. The van der Waals surface area contributed by atoms with E-state index in [1.807, 2.05) is 24.4 Å². The molecule has 3 nitrogen and oxygen atoms in total. The Morgan fingerprint density at radius 1 is 1.05 bits per heavy atom. The predicted octanol–water partition coefficient (Wildman–Crippen LogP) is 3.69. The maximum Gasteiger partial charge on any atom is 0.126 e. The van der Waals surface area contributed by atoms with E-state index in [-0.39, 0.29) is 0 Å². The van der Waals surface area contributed by atoms with Crippen LogP contribution in [0.4, 0.5) is 11.5 Å². The third-order valence-electron chi connectivity index (χ3n) is 3.69. The van der Waals surface area contributed by atoms with Gasteiger partial charge in [-0.15, -0.1) is 0 Å². The van der Waals surface area contributed by atoms with Crippen molar-refractivity contribution in [2.45, 2.75) is 31.7 Å². The Labute approximate surface area is 113 Å². The minimum absolute atomic E-state index is 0.603. The van der Waals surface area contributed by atoms with E-state index in [1.165, 1.54) is 25.7 Å². The zero-order chi connectivity index (χ0) is 13.1. The van der Waals surface area contributed by atoms with Gasteiger partial charge in [0, 0.05) is 23.5 Å². The maximum absolute atomic E-state index is 5.80. The SMILES string of the molecule is Nc1cccc(-c2ccc(NC3CCCC3)nc2)c1. The van der Waals surface area contributed by atoms with Crippen molar-refractivity contribution in [1.82, 2.24) is 4.98 Å². The molecule has 0 spiro atoms. The van der Waals surface area contributed by atoms with Crippen LogP contribution >= 0.6 is 0 Å². The fraction of sp³-hybridized carbons (Fsp3) is 0.312. The van der Waals surface area contributed by atoms with E-state index in [4.69, 9.17) is 5.73 Å². The summed E-state index contributed by atoms with van der Waals surface area (Å²) in [6, 6.07) is 12.6. The van der Waals surface area contributed by atoms with Gasteiger partial charge in [-0.2, -0.15) is 0 Å². The fourth-order valence-electron chi connectivity index (χ4n) is 2.65.